The maximum Gasteiger partial charge on any atom is 0.295 e. The average molecular weight is 420 g/mol. The van der Waals surface area contributed by atoms with E-state index in [2.05, 4.69) is 10.5 Å². The summed E-state index contributed by atoms with van der Waals surface area (Å²) in [6.45, 7) is 6.43. The molecule has 1 N–H and O–H groups in total. The first kappa shape index (κ1) is 22.3. The van der Waals surface area contributed by atoms with Gasteiger partial charge in [-0.05, 0) is 48.9 Å². The number of hydrogen-bond acceptors (Lipinski definition) is 7. The molecule has 9 nitrogen and oxygen atoms in total. The van der Waals surface area contributed by atoms with Crippen molar-refractivity contribution in [1.29, 1.82) is 0 Å². The van der Waals surface area contributed by atoms with Crippen LogP contribution in [-0.4, -0.2) is 43.6 Å². The number of anilines is 1. The summed E-state index contributed by atoms with van der Waals surface area (Å²) in [7, 11) is -3.80. The Bertz CT molecular complexity index is 971. The fourth-order valence-corrected chi connectivity index (χ4v) is 4.10. The molecule has 0 heterocycles. The first-order valence-electron chi connectivity index (χ1n) is 9.14. The van der Waals surface area contributed by atoms with E-state index in [4.69, 9.17) is 4.74 Å². The number of nitro groups is 1. The summed E-state index contributed by atoms with van der Waals surface area (Å²) >= 11 is 0. The molecule has 0 spiro atoms. The number of benzene rings is 2. The molecule has 0 unspecified atom stereocenters. The number of nitrogens with zero attached hydrogens (tertiary/aromatic N) is 3. The number of hydrazone groups is 1. The van der Waals surface area contributed by atoms with Crippen LogP contribution in [0.2, 0.25) is 0 Å². The fraction of sp³-hybridized carbons (Fsp3) is 0.316. The van der Waals surface area contributed by atoms with Gasteiger partial charge >= 0.3 is 0 Å². The van der Waals surface area contributed by atoms with Gasteiger partial charge in [0.1, 0.15) is 11.4 Å². The van der Waals surface area contributed by atoms with Crippen LogP contribution in [0.3, 0.4) is 0 Å². The molecule has 0 aromatic heterocycles. The summed E-state index contributed by atoms with van der Waals surface area (Å²) in [5, 5.41) is 15.4. The normalized spacial score (nSPS) is 11.7. The van der Waals surface area contributed by atoms with Crippen LogP contribution in [0.15, 0.2) is 52.5 Å². The van der Waals surface area contributed by atoms with Gasteiger partial charge in [-0.1, -0.05) is 13.8 Å². The van der Waals surface area contributed by atoms with Crippen molar-refractivity contribution in [2.75, 3.05) is 25.1 Å². The second-order valence-corrected chi connectivity index (χ2v) is 7.84. The molecule has 2 aromatic carbocycles. The van der Waals surface area contributed by atoms with E-state index in [0.29, 0.717) is 6.61 Å². The minimum atomic E-state index is -3.80. The Hall–Kier alpha value is -2.98. The van der Waals surface area contributed by atoms with Crippen molar-refractivity contribution < 1.29 is 18.1 Å². The summed E-state index contributed by atoms with van der Waals surface area (Å²) in [6.07, 6.45) is 1.50. The molecule has 0 amide bonds. The molecule has 0 aliphatic carbocycles. The Morgan fingerprint density at radius 1 is 1.14 bits per heavy atom. The van der Waals surface area contributed by atoms with Gasteiger partial charge in [-0.25, -0.2) is 8.42 Å². The van der Waals surface area contributed by atoms with Crippen LogP contribution in [0.1, 0.15) is 26.3 Å². The van der Waals surface area contributed by atoms with Gasteiger partial charge in [-0.3, -0.25) is 15.5 Å². The predicted octanol–water partition coefficient (Wildman–Crippen LogP) is 3.47. The molecule has 0 radical (unpaired) electrons. The molecule has 0 saturated carbocycles. The van der Waals surface area contributed by atoms with E-state index in [0.717, 1.165) is 17.4 Å². The number of nitro benzene ring substituents is 1. The molecular formula is C19H24N4O5S. The molecular weight excluding hydrogens is 396 g/mol. The zero-order valence-corrected chi connectivity index (χ0v) is 17.3. The third-order valence-corrected chi connectivity index (χ3v) is 6.14. The van der Waals surface area contributed by atoms with Gasteiger partial charge < -0.3 is 4.74 Å². The van der Waals surface area contributed by atoms with E-state index in [9.17, 15) is 18.5 Å². The first-order chi connectivity index (χ1) is 13.8. The third kappa shape index (κ3) is 5.52. The van der Waals surface area contributed by atoms with Crippen LogP contribution in [0, 0.1) is 10.1 Å². The molecule has 0 saturated heterocycles. The van der Waals surface area contributed by atoms with Crippen molar-refractivity contribution in [3.8, 4) is 5.75 Å². The van der Waals surface area contributed by atoms with Crippen molar-refractivity contribution in [1.82, 2.24) is 4.31 Å². The van der Waals surface area contributed by atoms with Gasteiger partial charge in [0.15, 0.2) is 0 Å². The largest absolute Gasteiger partial charge is 0.494 e. The van der Waals surface area contributed by atoms with Crippen LogP contribution in [0.5, 0.6) is 5.75 Å². The molecule has 0 aliphatic heterocycles. The number of nitrogens with one attached hydrogen (secondary N) is 1. The Balaban J connectivity index is 2.24. The Labute approximate surface area is 170 Å². The topological polar surface area (TPSA) is 114 Å². The minimum absolute atomic E-state index is 0.0932. The first-order valence-corrected chi connectivity index (χ1v) is 10.6. The van der Waals surface area contributed by atoms with Crippen molar-refractivity contribution in [3.63, 3.8) is 0 Å². The Morgan fingerprint density at radius 3 is 2.34 bits per heavy atom. The van der Waals surface area contributed by atoms with Crippen LogP contribution in [-0.2, 0) is 10.0 Å². The van der Waals surface area contributed by atoms with Crippen LogP contribution < -0.4 is 10.2 Å². The summed E-state index contributed by atoms with van der Waals surface area (Å²) in [4.78, 5) is 10.7. The van der Waals surface area contributed by atoms with Crippen molar-refractivity contribution in [2.45, 2.75) is 25.7 Å². The Kier molecular flexibility index (Phi) is 7.68. The molecule has 0 aliphatic rings. The smallest absolute Gasteiger partial charge is 0.295 e. The lowest BCUT2D eigenvalue weighted by molar-refractivity contribution is -0.384. The summed E-state index contributed by atoms with van der Waals surface area (Å²) in [6, 6.07) is 10.9. The zero-order valence-electron chi connectivity index (χ0n) is 16.5. The third-order valence-electron chi connectivity index (χ3n) is 4.10. The monoisotopic (exact) mass is 420 g/mol. The number of ether oxygens (including phenoxy) is 1. The summed E-state index contributed by atoms with van der Waals surface area (Å²) in [5.74, 6) is 0.734. The standard InChI is InChI=1S/C19H24N4O5S/c1-4-22(5-2)29(26,27)17-11-12-18(19(13-17)23(24)25)21-20-14-15-7-9-16(10-8-15)28-6-3/h7-14,21H,4-6H2,1-3H3/b20-14-. The summed E-state index contributed by atoms with van der Waals surface area (Å²) in [5.41, 5.74) is 3.09. The van der Waals surface area contributed by atoms with Crippen molar-refractivity contribution in [2.24, 2.45) is 5.10 Å². The number of hydrogen-bond donors (Lipinski definition) is 1. The summed E-state index contributed by atoms with van der Waals surface area (Å²) < 4.78 is 31.8. The maximum atomic E-state index is 12.6. The molecule has 2 rings (SSSR count). The number of sulfonamides is 1. The lowest BCUT2D eigenvalue weighted by Gasteiger charge is -2.18. The van der Waals surface area contributed by atoms with Crippen molar-refractivity contribution >= 4 is 27.6 Å². The van der Waals surface area contributed by atoms with Gasteiger partial charge in [0.25, 0.3) is 5.69 Å². The zero-order chi connectivity index (χ0) is 21.4. The van der Waals surface area contributed by atoms with E-state index in [-0.39, 0.29) is 29.4 Å². The van der Waals surface area contributed by atoms with Gasteiger partial charge in [-0.15, -0.1) is 0 Å². The van der Waals surface area contributed by atoms with Crippen LogP contribution >= 0.6 is 0 Å². The van der Waals surface area contributed by atoms with E-state index >= 15 is 0 Å². The highest BCUT2D eigenvalue weighted by Crippen LogP contribution is 2.29. The average Bonchev–Trinajstić information content (AvgIpc) is 2.70. The molecule has 29 heavy (non-hydrogen) atoms. The van der Waals surface area contributed by atoms with E-state index in [1.807, 2.05) is 6.92 Å². The SMILES string of the molecule is CCOc1ccc(/C=N\Nc2ccc(S(=O)(=O)N(CC)CC)cc2[N+](=O)[O-])cc1. The highest BCUT2D eigenvalue weighted by molar-refractivity contribution is 7.89. The second-order valence-electron chi connectivity index (χ2n) is 5.90. The van der Waals surface area contributed by atoms with E-state index in [1.165, 1.54) is 22.7 Å². The van der Waals surface area contributed by atoms with Gasteiger partial charge in [0, 0.05) is 19.2 Å². The molecule has 156 valence electrons. The maximum absolute atomic E-state index is 12.6. The molecule has 10 heteroatoms. The quantitative estimate of drug-likeness (QED) is 0.358. The minimum Gasteiger partial charge on any atom is -0.494 e. The van der Waals surface area contributed by atoms with Gasteiger partial charge in [0.05, 0.1) is 22.6 Å². The highest BCUT2D eigenvalue weighted by atomic mass is 32.2. The second kappa shape index (κ2) is 9.99. The molecule has 0 atom stereocenters. The van der Waals surface area contributed by atoms with E-state index in [1.54, 1.807) is 38.1 Å². The predicted molar refractivity (Wildman–Crippen MR) is 112 cm³/mol. The lowest BCUT2D eigenvalue weighted by Crippen LogP contribution is -2.30. The number of rotatable bonds is 10. The van der Waals surface area contributed by atoms with Gasteiger partial charge in [0.2, 0.25) is 10.0 Å². The lowest BCUT2D eigenvalue weighted by atomic mass is 10.2. The molecule has 0 fully saturated rings. The van der Waals surface area contributed by atoms with Crippen LogP contribution in [0.25, 0.3) is 0 Å². The molecule has 2 aromatic rings. The molecule has 0 bridgehead atoms. The van der Waals surface area contributed by atoms with Crippen molar-refractivity contribution in [3.05, 3.63) is 58.1 Å². The van der Waals surface area contributed by atoms with E-state index < -0.39 is 14.9 Å². The highest BCUT2D eigenvalue weighted by Gasteiger charge is 2.25. The fourth-order valence-electron chi connectivity index (χ4n) is 2.62. The van der Waals surface area contributed by atoms with Crippen LogP contribution in [0.4, 0.5) is 11.4 Å². The Morgan fingerprint density at radius 2 is 1.79 bits per heavy atom. The van der Waals surface area contributed by atoms with Gasteiger partial charge in [-0.2, -0.15) is 9.41 Å².